The zero-order chi connectivity index (χ0) is 13.0. The highest BCUT2D eigenvalue weighted by atomic mass is 35.5. The van der Waals surface area contributed by atoms with Crippen LogP contribution >= 0.6 is 11.6 Å². The van der Waals surface area contributed by atoms with E-state index >= 15 is 0 Å². The van der Waals surface area contributed by atoms with Gasteiger partial charge in [0.15, 0.2) is 0 Å². The average molecular weight is 261 g/mol. The van der Waals surface area contributed by atoms with Gasteiger partial charge in [-0.1, -0.05) is 23.7 Å². The van der Waals surface area contributed by atoms with Crippen LogP contribution in [0.4, 0.5) is 0 Å². The second kappa shape index (κ2) is 5.42. The molecular formula is C13H9ClN2O2. The van der Waals surface area contributed by atoms with Gasteiger partial charge < -0.3 is 0 Å². The van der Waals surface area contributed by atoms with Crippen LogP contribution in [0.5, 0.6) is 0 Å². The Morgan fingerprint density at radius 2 is 1.56 bits per heavy atom. The highest BCUT2D eigenvalue weighted by molar-refractivity contribution is 6.30. The molecule has 2 amide bonds. The van der Waals surface area contributed by atoms with E-state index in [4.69, 9.17) is 11.6 Å². The van der Waals surface area contributed by atoms with E-state index in [1.165, 1.54) is 0 Å². The first-order valence-corrected chi connectivity index (χ1v) is 5.56. The number of halogens is 1. The number of nitrogens with zero attached hydrogens (tertiary/aromatic N) is 1. The van der Waals surface area contributed by atoms with E-state index in [2.05, 4.69) is 10.3 Å². The lowest BCUT2D eigenvalue weighted by atomic mass is 10.1. The molecule has 0 fully saturated rings. The summed E-state index contributed by atoms with van der Waals surface area (Å²) in [5.41, 5.74) is 0.940. The van der Waals surface area contributed by atoms with Crippen molar-refractivity contribution in [1.29, 1.82) is 0 Å². The Balaban J connectivity index is 0.000000149. The van der Waals surface area contributed by atoms with Gasteiger partial charge in [0, 0.05) is 12.4 Å². The fourth-order valence-corrected chi connectivity index (χ4v) is 1.59. The summed E-state index contributed by atoms with van der Waals surface area (Å²) in [6, 6.07) is 10.3. The molecule has 4 nitrogen and oxygen atoms in total. The second-order valence-electron chi connectivity index (χ2n) is 3.50. The zero-order valence-corrected chi connectivity index (χ0v) is 10.0. The normalized spacial score (nSPS) is 12.3. The van der Waals surface area contributed by atoms with Crippen LogP contribution in [0.25, 0.3) is 0 Å². The van der Waals surface area contributed by atoms with Gasteiger partial charge in [-0.3, -0.25) is 19.9 Å². The molecule has 0 bridgehead atoms. The van der Waals surface area contributed by atoms with Crippen LogP contribution in [0, 0.1) is 0 Å². The van der Waals surface area contributed by atoms with E-state index in [1.54, 1.807) is 48.8 Å². The molecule has 0 spiro atoms. The fourth-order valence-electron chi connectivity index (χ4n) is 1.46. The Bertz CT molecular complexity index is 552. The predicted molar refractivity (Wildman–Crippen MR) is 67.5 cm³/mol. The Hall–Kier alpha value is -2.20. The molecule has 90 valence electrons. The van der Waals surface area contributed by atoms with Crippen molar-refractivity contribution in [3.05, 3.63) is 64.9 Å². The smallest absolute Gasteiger partial charge is 0.258 e. The van der Waals surface area contributed by atoms with Gasteiger partial charge in [0.05, 0.1) is 16.1 Å². The van der Waals surface area contributed by atoms with Gasteiger partial charge in [0.1, 0.15) is 0 Å². The van der Waals surface area contributed by atoms with Gasteiger partial charge in [-0.25, -0.2) is 0 Å². The summed E-state index contributed by atoms with van der Waals surface area (Å²) in [5, 5.41) is 2.89. The summed E-state index contributed by atoms with van der Waals surface area (Å²) < 4.78 is 0. The summed E-state index contributed by atoms with van der Waals surface area (Å²) in [5.74, 6) is -0.601. The number of hydrogen-bond acceptors (Lipinski definition) is 3. The highest BCUT2D eigenvalue weighted by Crippen LogP contribution is 2.13. The van der Waals surface area contributed by atoms with Gasteiger partial charge in [-0.05, 0) is 24.3 Å². The van der Waals surface area contributed by atoms with E-state index in [0.29, 0.717) is 16.1 Å². The molecule has 0 radical (unpaired) electrons. The molecule has 0 unspecified atom stereocenters. The molecular weight excluding hydrogens is 252 g/mol. The van der Waals surface area contributed by atoms with Gasteiger partial charge in [-0.15, -0.1) is 0 Å². The molecule has 2 heterocycles. The van der Waals surface area contributed by atoms with E-state index < -0.39 is 0 Å². The van der Waals surface area contributed by atoms with E-state index in [-0.39, 0.29) is 11.8 Å². The number of amides is 2. The third-order valence-corrected chi connectivity index (χ3v) is 2.49. The van der Waals surface area contributed by atoms with Gasteiger partial charge in [-0.2, -0.15) is 0 Å². The third kappa shape index (κ3) is 2.73. The largest absolute Gasteiger partial charge is 0.288 e. The van der Waals surface area contributed by atoms with Crippen molar-refractivity contribution in [3.8, 4) is 0 Å². The fraction of sp³-hybridized carbons (Fsp3) is 0. The molecule has 0 atom stereocenters. The van der Waals surface area contributed by atoms with Crippen LogP contribution < -0.4 is 5.32 Å². The minimum Gasteiger partial charge on any atom is -0.288 e. The number of imide groups is 1. The van der Waals surface area contributed by atoms with E-state index in [0.717, 1.165) is 0 Å². The lowest BCUT2D eigenvalue weighted by molar-refractivity contribution is 0.0879. The minimum absolute atomic E-state index is 0.300. The minimum atomic E-state index is -0.300. The molecule has 2 aromatic rings. The van der Waals surface area contributed by atoms with Crippen molar-refractivity contribution < 1.29 is 9.59 Å². The summed E-state index contributed by atoms with van der Waals surface area (Å²) in [6.45, 7) is 0. The molecule has 0 saturated heterocycles. The maximum Gasteiger partial charge on any atom is 0.258 e. The molecule has 0 saturated carbocycles. The summed E-state index contributed by atoms with van der Waals surface area (Å²) in [4.78, 5) is 25.6. The van der Waals surface area contributed by atoms with Crippen LogP contribution in [-0.2, 0) is 0 Å². The monoisotopic (exact) mass is 260 g/mol. The molecule has 1 aliphatic rings. The maximum absolute atomic E-state index is 10.9. The van der Waals surface area contributed by atoms with E-state index in [1.807, 2.05) is 0 Å². The van der Waals surface area contributed by atoms with Crippen molar-refractivity contribution in [2.75, 3.05) is 0 Å². The molecule has 5 heteroatoms. The number of aromatic nitrogens is 1. The highest BCUT2D eigenvalue weighted by Gasteiger charge is 2.25. The summed E-state index contributed by atoms with van der Waals surface area (Å²) >= 11 is 5.48. The van der Waals surface area contributed by atoms with Crippen molar-refractivity contribution in [3.63, 3.8) is 0 Å². The molecule has 1 aromatic carbocycles. The molecule has 1 aliphatic heterocycles. The number of carbonyl (C=O) groups excluding carboxylic acids is 2. The number of rotatable bonds is 0. The van der Waals surface area contributed by atoms with Crippen LogP contribution in [0.15, 0.2) is 48.8 Å². The van der Waals surface area contributed by atoms with Gasteiger partial charge >= 0.3 is 0 Å². The van der Waals surface area contributed by atoms with Crippen LogP contribution in [0.1, 0.15) is 20.7 Å². The molecule has 1 aromatic heterocycles. The lowest BCUT2D eigenvalue weighted by Gasteiger charge is -1.88. The summed E-state index contributed by atoms with van der Waals surface area (Å²) in [6.07, 6.45) is 3.29. The zero-order valence-electron chi connectivity index (χ0n) is 9.26. The summed E-state index contributed by atoms with van der Waals surface area (Å²) in [7, 11) is 0. The van der Waals surface area contributed by atoms with Crippen molar-refractivity contribution >= 4 is 23.4 Å². The SMILES string of the molecule is Clc1cccnc1.O=C1NC(=O)c2ccccc21. The molecule has 18 heavy (non-hydrogen) atoms. The third-order valence-electron chi connectivity index (χ3n) is 2.27. The number of hydrogen-bond donors (Lipinski definition) is 1. The topological polar surface area (TPSA) is 59.1 Å². The number of pyridine rings is 1. The van der Waals surface area contributed by atoms with Gasteiger partial charge in [0.25, 0.3) is 11.8 Å². The number of nitrogens with one attached hydrogen (secondary N) is 1. The van der Waals surface area contributed by atoms with Crippen LogP contribution in [-0.4, -0.2) is 16.8 Å². The van der Waals surface area contributed by atoms with Crippen LogP contribution in [0.3, 0.4) is 0 Å². The Labute approximate surface area is 109 Å². The van der Waals surface area contributed by atoms with Crippen molar-refractivity contribution in [2.45, 2.75) is 0 Å². The van der Waals surface area contributed by atoms with Crippen molar-refractivity contribution in [2.24, 2.45) is 0 Å². The standard InChI is InChI=1S/C8H5NO2.C5H4ClN/c10-7-5-3-1-2-4-6(5)8(11)9-7;6-5-2-1-3-7-4-5/h1-4H,(H,9,10,11);1-4H. The van der Waals surface area contributed by atoms with Crippen LogP contribution in [0.2, 0.25) is 5.02 Å². The van der Waals surface area contributed by atoms with Gasteiger partial charge in [0.2, 0.25) is 0 Å². The molecule has 0 aliphatic carbocycles. The first-order chi connectivity index (χ1) is 8.68. The first-order valence-electron chi connectivity index (χ1n) is 5.18. The quantitative estimate of drug-likeness (QED) is 0.740. The van der Waals surface area contributed by atoms with E-state index in [9.17, 15) is 9.59 Å². The number of carbonyl (C=O) groups is 2. The lowest BCUT2D eigenvalue weighted by Crippen LogP contribution is -2.19. The Morgan fingerprint density at radius 3 is 1.94 bits per heavy atom. The number of fused-ring (bicyclic) bond motifs is 1. The second-order valence-corrected chi connectivity index (χ2v) is 3.94. The Kier molecular flexibility index (Phi) is 3.69. The predicted octanol–water partition coefficient (Wildman–Crippen LogP) is 2.31. The average Bonchev–Trinajstić information content (AvgIpc) is 2.68. The first kappa shape index (κ1) is 12.3. The molecule has 1 N–H and O–H groups in total. The Morgan fingerprint density at radius 1 is 0.944 bits per heavy atom. The van der Waals surface area contributed by atoms with Crippen molar-refractivity contribution in [1.82, 2.24) is 10.3 Å². The maximum atomic E-state index is 10.9. The number of benzene rings is 1. The molecule has 3 rings (SSSR count).